The van der Waals surface area contributed by atoms with Crippen LogP contribution in [-0.4, -0.2) is 9.97 Å². The second-order valence-corrected chi connectivity index (χ2v) is 3.86. The smallest absolute Gasteiger partial charge is 0.195 e. The van der Waals surface area contributed by atoms with Gasteiger partial charge in [-0.15, -0.1) is 0 Å². The molecule has 0 saturated carbocycles. The number of halogens is 3. The molecule has 1 heterocycles. The monoisotopic (exact) mass is 248 g/mol. The third kappa shape index (κ3) is 1.55. The Morgan fingerprint density at radius 2 is 1.78 bits per heavy atom. The van der Waals surface area contributed by atoms with Crippen molar-refractivity contribution in [2.24, 2.45) is 0 Å². The van der Waals surface area contributed by atoms with Crippen LogP contribution in [0.15, 0.2) is 36.7 Å². The summed E-state index contributed by atoms with van der Waals surface area (Å²) in [5, 5.41) is 0. The summed E-state index contributed by atoms with van der Waals surface area (Å²) in [5.74, 6) is -3.84. The molecule has 1 aromatic heterocycles. The maximum Gasteiger partial charge on any atom is 0.195 e. The first kappa shape index (κ1) is 10.8. The van der Waals surface area contributed by atoms with Crippen molar-refractivity contribution in [3.8, 4) is 11.1 Å². The fraction of sp³-hybridized carbons (Fsp3) is 0. The highest BCUT2D eigenvalue weighted by molar-refractivity contribution is 5.81. The van der Waals surface area contributed by atoms with E-state index in [4.69, 9.17) is 0 Å². The number of fused-ring (bicyclic) bond motifs is 1. The number of hydrogen-bond donors (Lipinski definition) is 1. The molecule has 90 valence electrons. The summed E-state index contributed by atoms with van der Waals surface area (Å²) >= 11 is 0. The zero-order valence-corrected chi connectivity index (χ0v) is 9.05. The number of hydrogen-bond acceptors (Lipinski definition) is 1. The van der Waals surface area contributed by atoms with Crippen molar-refractivity contribution in [3.05, 3.63) is 54.1 Å². The Morgan fingerprint density at radius 3 is 2.61 bits per heavy atom. The normalized spacial score (nSPS) is 11.1. The van der Waals surface area contributed by atoms with E-state index in [1.54, 1.807) is 18.2 Å². The molecular formula is C13H7F3N2. The average Bonchev–Trinajstić information content (AvgIpc) is 2.83. The molecule has 0 unspecified atom stereocenters. The van der Waals surface area contributed by atoms with Crippen LogP contribution in [0.5, 0.6) is 0 Å². The number of nitrogens with one attached hydrogen (secondary N) is 1. The van der Waals surface area contributed by atoms with E-state index in [1.165, 1.54) is 12.4 Å². The van der Waals surface area contributed by atoms with Gasteiger partial charge in [0.2, 0.25) is 0 Å². The fourth-order valence-electron chi connectivity index (χ4n) is 1.85. The first-order chi connectivity index (χ1) is 8.66. The highest BCUT2D eigenvalue weighted by Gasteiger charge is 2.14. The number of aromatic nitrogens is 2. The van der Waals surface area contributed by atoms with Crippen LogP contribution in [0, 0.1) is 17.5 Å². The lowest BCUT2D eigenvalue weighted by Crippen LogP contribution is -1.93. The number of imidazole rings is 1. The van der Waals surface area contributed by atoms with E-state index in [2.05, 4.69) is 9.97 Å². The molecule has 0 radical (unpaired) electrons. The minimum atomic E-state index is -1.46. The third-order valence-corrected chi connectivity index (χ3v) is 2.77. The summed E-state index contributed by atoms with van der Waals surface area (Å²) in [6, 6.07) is 7.05. The molecule has 0 saturated heterocycles. The Bertz CT molecular complexity index is 734. The molecule has 0 atom stereocenters. The molecule has 3 rings (SSSR count). The molecule has 2 aromatic carbocycles. The molecule has 0 aliphatic rings. The standard InChI is InChI=1S/C13H7F3N2/c14-9-3-2-8(12(15)13(9)16)7-1-4-10-11(5-7)18-6-17-10/h1-6H,(H,17,18). The van der Waals surface area contributed by atoms with Gasteiger partial charge < -0.3 is 4.98 Å². The van der Waals surface area contributed by atoms with Crippen molar-refractivity contribution in [2.75, 3.05) is 0 Å². The van der Waals surface area contributed by atoms with Gasteiger partial charge in [0.1, 0.15) is 0 Å². The van der Waals surface area contributed by atoms with Crippen LogP contribution in [0.25, 0.3) is 22.2 Å². The SMILES string of the molecule is Fc1ccc(-c2ccc3nc[nH]c3c2)c(F)c1F. The van der Waals surface area contributed by atoms with Gasteiger partial charge in [0, 0.05) is 5.56 Å². The van der Waals surface area contributed by atoms with Gasteiger partial charge in [-0.25, -0.2) is 18.2 Å². The maximum absolute atomic E-state index is 13.6. The van der Waals surface area contributed by atoms with E-state index in [-0.39, 0.29) is 5.56 Å². The quantitative estimate of drug-likeness (QED) is 0.654. The molecule has 0 aliphatic carbocycles. The lowest BCUT2D eigenvalue weighted by atomic mass is 10.0. The van der Waals surface area contributed by atoms with Crippen molar-refractivity contribution in [1.29, 1.82) is 0 Å². The minimum absolute atomic E-state index is 0.0189. The van der Waals surface area contributed by atoms with Gasteiger partial charge in [-0.05, 0) is 29.8 Å². The fourth-order valence-corrected chi connectivity index (χ4v) is 1.85. The van der Waals surface area contributed by atoms with E-state index >= 15 is 0 Å². The van der Waals surface area contributed by atoms with Crippen LogP contribution in [0.1, 0.15) is 0 Å². The molecule has 5 heteroatoms. The number of nitrogens with zero attached hydrogens (tertiary/aromatic N) is 1. The zero-order chi connectivity index (χ0) is 12.7. The Labute approximate surface area is 100 Å². The van der Waals surface area contributed by atoms with E-state index in [9.17, 15) is 13.2 Å². The van der Waals surface area contributed by atoms with Crippen LogP contribution in [0.2, 0.25) is 0 Å². The molecule has 0 amide bonds. The number of H-pyrrole nitrogens is 1. The van der Waals surface area contributed by atoms with Gasteiger partial charge in [-0.3, -0.25) is 0 Å². The minimum Gasteiger partial charge on any atom is -0.345 e. The summed E-state index contributed by atoms with van der Waals surface area (Å²) in [4.78, 5) is 6.90. The first-order valence-corrected chi connectivity index (χ1v) is 5.24. The predicted molar refractivity (Wildman–Crippen MR) is 61.4 cm³/mol. The topological polar surface area (TPSA) is 28.7 Å². The third-order valence-electron chi connectivity index (χ3n) is 2.77. The Hall–Kier alpha value is -2.30. The van der Waals surface area contributed by atoms with Crippen LogP contribution in [0.3, 0.4) is 0 Å². The Kier molecular flexibility index (Phi) is 2.33. The van der Waals surface area contributed by atoms with E-state index in [1.807, 2.05) is 0 Å². The molecular weight excluding hydrogens is 241 g/mol. The molecule has 3 aromatic rings. The van der Waals surface area contributed by atoms with Crippen LogP contribution in [-0.2, 0) is 0 Å². The summed E-state index contributed by atoms with van der Waals surface area (Å²) < 4.78 is 39.6. The molecule has 0 spiro atoms. The summed E-state index contributed by atoms with van der Waals surface area (Å²) in [6.45, 7) is 0. The van der Waals surface area contributed by atoms with Crippen molar-refractivity contribution in [2.45, 2.75) is 0 Å². The van der Waals surface area contributed by atoms with Crippen molar-refractivity contribution in [1.82, 2.24) is 9.97 Å². The average molecular weight is 248 g/mol. The second-order valence-electron chi connectivity index (χ2n) is 3.86. The molecule has 1 N–H and O–H groups in total. The first-order valence-electron chi connectivity index (χ1n) is 5.24. The largest absolute Gasteiger partial charge is 0.345 e. The molecule has 18 heavy (non-hydrogen) atoms. The second kappa shape index (κ2) is 3.87. The predicted octanol–water partition coefficient (Wildman–Crippen LogP) is 3.65. The molecule has 2 nitrogen and oxygen atoms in total. The van der Waals surface area contributed by atoms with Gasteiger partial charge in [-0.1, -0.05) is 6.07 Å². The van der Waals surface area contributed by atoms with Crippen molar-refractivity contribution in [3.63, 3.8) is 0 Å². The summed E-state index contributed by atoms with van der Waals surface area (Å²) in [5.41, 5.74) is 1.91. The van der Waals surface area contributed by atoms with E-state index in [0.717, 1.165) is 11.6 Å². The van der Waals surface area contributed by atoms with Crippen molar-refractivity contribution >= 4 is 11.0 Å². The zero-order valence-electron chi connectivity index (χ0n) is 9.05. The summed E-state index contributed by atoms with van der Waals surface area (Å²) in [6.07, 6.45) is 1.51. The van der Waals surface area contributed by atoms with Crippen LogP contribution >= 0.6 is 0 Å². The lowest BCUT2D eigenvalue weighted by Gasteiger charge is -2.05. The van der Waals surface area contributed by atoms with Gasteiger partial charge in [0.05, 0.1) is 17.4 Å². The van der Waals surface area contributed by atoms with Crippen molar-refractivity contribution < 1.29 is 13.2 Å². The van der Waals surface area contributed by atoms with Gasteiger partial charge >= 0.3 is 0 Å². The Balaban J connectivity index is 2.22. The van der Waals surface area contributed by atoms with Crippen LogP contribution in [0.4, 0.5) is 13.2 Å². The van der Waals surface area contributed by atoms with Gasteiger partial charge in [-0.2, -0.15) is 0 Å². The number of rotatable bonds is 1. The highest BCUT2D eigenvalue weighted by Crippen LogP contribution is 2.27. The van der Waals surface area contributed by atoms with Gasteiger partial charge in [0.15, 0.2) is 17.5 Å². The molecule has 0 bridgehead atoms. The Morgan fingerprint density at radius 1 is 0.944 bits per heavy atom. The molecule has 0 aliphatic heterocycles. The van der Waals surface area contributed by atoms with E-state index in [0.29, 0.717) is 11.1 Å². The van der Waals surface area contributed by atoms with E-state index < -0.39 is 17.5 Å². The van der Waals surface area contributed by atoms with Crippen LogP contribution < -0.4 is 0 Å². The summed E-state index contributed by atoms with van der Waals surface area (Å²) in [7, 11) is 0. The highest BCUT2D eigenvalue weighted by atomic mass is 19.2. The number of aromatic amines is 1. The van der Waals surface area contributed by atoms with Gasteiger partial charge in [0.25, 0.3) is 0 Å². The molecule has 0 fully saturated rings. The lowest BCUT2D eigenvalue weighted by molar-refractivity contribution is 0.449. The maximum atomic E-state index is 13.6. The number of benzene rings is 2.